The number of halogens is 1. The Morgan fingerprint density at radius 2 is 2.03 bits per heavy atom. The third-order valence-corrected chi connectivity index (χ3v) is 5.03. The van der Waals surface area contributed by atoms with Gasteiger partial charge < -0.3 is 15.6 Å². The first kappa shape index (κ1) is 18.5. The third-order valence-electron chi connectivity index (χ3n) is 4.16. The molecule has 0 radical (unpaired) electrons. The number of non-ortho nitro benzene ring substituents is 1. The molecule has 0 saturated heterocycles. The lowest BCUT2D eigenvalue weighted by Crippen LogP contribution is -2.17. The molecule has 4 aromatic rings. The fraction of sp³-hybridized carbons (Fsp3) is 0.0556. The number of nitro benzene ring substituents is 1. The van der Waals surface area contributed by atoms with Crippen molar-refractivity contribution in [1.82, 2.24) is 20.5 Å². The second kappa shape index (κ2) is 7.28. The highest BCUT2D eigenvalue weighted by atomic mass is 32.1. The van der Waals surface area contributed by atoms with Crippen LogP contribution in [0.5, 0.6) is 0 Å². The molecule has 0 spiro atoms. The van der Waals surface area contributed by atoms with E-state index in [1.54, 1.807) is 19.2 Å². The van der Waals surface area contributed by atoms with Gasteiger partial charge in [-0.25, -0.2) is 4.39 Å². The van der Waals surface area contributed by atoms with Crippen molar-refractivity contribution in [3.63, 3.8) is 0 Å². The van der Waals surface area contributed by atoms with Crippen LogP contribution in [0.1, 0.15) is 10.5 Å². The van der Waals surface area contributed by atoms with Gasteiger partial charge in [0.05, 0.1) is 11.0 Å². The van der Waals surface area contributed by atoms with E-state index in [1.807, 2.05) is 12.1 Å². The molecule has 0 aliphatic heterocycles. The predicted octanol–water partition coefficient (Wildman–Crippen LogP) is 3.84. The summed E-state index contributed by atoms with van der Waals surface area (Å²) >= 11 is 1.11. The van der Waals surface area contributed by atoms with Crippen LogP contribution in [0.25, 0.3) is 21.5 Å². The van der Waals surface area contributed by atoms with Crippen LogP contribution in [-0.2, 0) is 0 Å². The number of benzene rings is 2. The van der Waals surface area contributed by atoms with Crippen molar-refractivity contribution in [1.29, 1.82) is 0 Å². The highest BCUT2D eigenvalue weighted by Crippen LogP contribution is 2.32. The van der Waals surface area contributed by atoms with Crippen LogP contribution >= 0.6 is 11.3 Å². The summed E-state index contributed by atoms with van der Waals surface area (Å²) in [6, 6.07) is 10.6. The zero-order chi connectivity index (χ0) is 20.5. The number of anilines is 2. The van der Waals surface area contributed by atoms with Crippen LogP contribution < -0.4 is 10.6 Å². The van der Waals surface area contributed by atoms with Gasteiger partial charge in [-0.15, -0.1) is 10.2 Å². The van der Waals surface area contributed by atoms with Gasteiger partial charge in [0.25, 0.3) is 11.6 Å². The second-order valence-electron chi connectivity index (χ2n) is 6.02. The molecule has 0 unspecified atom stereocenters. The van der Waals surface area contributed by atoms with Crippen LogP contribution in [-0.4, -0.2) is 33.1 Å². The van der Waals surface area contributed by atoms with Gasteiger partial charge in [0.15, 0.2) is 5.01 Å². The van der Waals surface area contributed by atoms with Crippen molar-refractivity contribution in [2.75, 3.05) is 12.4 Å². The first-order valence-electron chi connectivity index (χ1n) is 8.34. The summed E-state index contributed by atoms with van der Waals surface area (Å²) in [6.07, 6.45) is 0. The van der Waals surface area contributed by atoms with Crippen molar-refractivity contribution in [3.05, 3.63) is 64.1 Å². The van der Waals surface area contributed by atoms with E-state index >= 15 is 0 Å². The maximum Gasteiger partial charge on any atom is 0.272 e. The summed E-state index contributed by atoms with van der Waals surface area (Å²) in [5.41, 5.74) is 1.78. The van der Waals surface area contributed by atoms with Crippen molar-refractivity contribution < 1.29 is 14.1 Å². The fourth-order valence-corrected chi connectivity index (χ4v) is 3.56. The molecule has 0 atom stereocenters. The van der Waals surface area contributed by atoms with Crippen molar-refractivity contribution >= 4 is 44.7 Å². The number of hydrogen-bond acceptors (Lipinski definition) is 7. The molecule has 0 aliphatic rings. The van der Waals surface area contributed by atoms with E-state index in [9.17, 15) is 19.3 Å². The molecular formula is C18H13FN6O3S. The molecule has 29 heavy (non-hydrogen) atoms. The molecule has 146 valence electrons. The number of H-pyrrole nitrogens is 1. The standard InChI is InChI=1S/C18H13FN6O3S/c1-20-16(26)15-7-9-6-10(2-5-14(9)22-15)21-18-24-23-17(29-18)12-4-3-11(25(27)28)8-13(12)19/h2-8,22H,1H3,(H,20,26)(H,21,24). The maximum atomic E-state index is 14.2. The Labute approximate surface area is 166 Å². The smallest absolute Gasteiger partial charge is 0.272 e. The van der Waals surface area contributed by atoms with Crippen LogP contribution in [0.3, 0.4) is 0 Å². The van der Waals surface area contributed by atoms with Gasteiger partial charge >= 0.3 is 0 Å². The molecule has 0 aliphatic carbocycles. The Hall–Kier alpha value is -3.86. The zero-order valence-corrected chi connectivity index (χ0v) is 15.7. The van der Waals surface area contributed by atoms with E-state index in [-0.39, 0.29) is 17.2 Å². The molecule has 4 rings (SSSR count). The minimum atomic E-state index is -0.739. The Morgan fingerprint density at radius 1 is 1.21 bits per heavy atom. The van der Waals surface area contributed by atoms with Gasteiger partial charge in [0.1, 0.15) is 11.5 Å². The van der Waals surface area contributed by atoms with E-state index in [1.165, 1.54) is 12.1 Å². The molecule has 9 nitrogen and oxygen atoms in total. The molecular weight excluding hydrogens is 399 g/mol. The molecule has 3 N–H and O–H groups in total. The number of amides is 1. The van der Waals surface area contributed by atoms with Gasteiger partial charge in [0, 0.05) is 35.3 Å². The minimum Gasteiger partial charge on any atom is -0.354 e. The van der Waals surface area contributed by atoms with Gasteiger partial charge in [-0.3, -0.25) is 14.9 Å². The van der Waals surface area contributed by atoms with Gasteiger partial charge in [-0.2, -0.15) is 0 Å². The van der Waals surface area contributed by atoms with Crippen LogP contribution in [0.4, 0.5) is 20.9 Å². The van der Waals surface area contributed by atoms with Crippen LogP contribution in [0, 0.1) is 15.9 Å². The number of rotatable bonds is 5. The van der Waals surface area contributed by atoms with E-state index in [4.69, 9.17) is 0 Å². The molecule has 2 aromatic heterocycles. The zero-order valence-electron chi connectivity index (χ0n) is 14.9. The van der Waals surface area contributed by atoms with Crippen molar-refractivity contribution in [3.8, 4) is 10.6 Å². The summed E-state index contributed by atoms with van der Waals surface area (Å²) in [5, 5.41) is 25.9. The molecule has 0 saturated carbocycles. The quantitative estimate of drug-likeness (QED) is 0.338. The van der Waals surface area contributed by atoms with E-state index in [0.29, 0.717) is 21.5 Å². The first-order valence-corrected chi connectivity index (χ1v) is 9.16. The minimum absolute atomic E-state index is 0.137. The highest BCUT2D eigenvalue weighted by molar-refractivity contribution is 7.18. The molecule has 1 amide bonds. The summed E-state index contributed by atoms with van der Waals surface area (Å²) in [5.74, 6) is -0.952. The fourth-order valence-electron chi connectivity index (χ4n) is 2.76. The molecule has 0 fully saturated rings. The maximum absolute atomic E-state index is 14.2. The Kier molecular flexibility index (Phi) is 4.64. The van der Waals surface area contributed by atoms with Crippen molar-refractivity contribution in [2.24, 2.45) is 0 Å². The number of nitrogens with zero attached hydrogens (tertiary/aromatic N) is 3. The van der Waals surface area contributed by atoms with Gasteiger partial charge in [-0.05, 0) is 30.3 Å². The molecule has 2 heterocycles. The van der Waals surface area contributed by atoms with E-state index in [2.05, 4.69) is 25.8 Å². The summed E-state index contributed by atoms with van der Waals surface area (Å²) in [6.45, 7) is 0. The average Bonchev–Trinajstić information content (AvgIpc) is 3.33. The number of aromatic nitrogens is 3. The number of fused-ring (bicyclic) bond motifs is 1. The predicted molar refractivity (Wildman–Crippen MR) is 107 cm³/mol. The molecule has 0 bridgehead atoms. The van der Waals surface area contributed by atoms with Gasteiger partial charge in [-0.1, -0.05) is 11.3 Å². The second-order valence-corrected chi connectivity index (χ2v) is 7.00. The largest absolute Gasteiger partial charge is 0.354 e. The van der Waals surface area contributed by atoms with Gasteiger partial charge in [0.2, 0.25) is 5.13 Å². The Bertz CT molecular complexity index is 1250. The topological polar surface area (TPSA) is 126 Å². The number of nitro groups is 1. The number of carbonyl (C=O) groups is 1. The summed E-state index contributed by atoms with van der Waals surface area (Å²) < 4.78 is 14.2. The monoisotopic (exact) mass is 412 g/mol. The lowest BCUT2D eigenvalue weighted by Gasteiger charge is -2.01. The first-order chi connectivity index (χ1) is 13.9. The molecule has 11 heteroatoms. The Morgan fingerprint density at radius 3 is 2.76 bits per heavy atom. The Balaban J connectivity index is 1.57. The lowest BCUT2D eigenvalue weighted by molar-refractivity contribution is -0.385. The summed E-state index contributed by atoms with van der Waals surface area (Å²) in [4.78, 5) is 24.8. The average molecular weight is 412 g/mol. The number of hydrogen-bond donors (Lipinski definition) is 3. The number of aromatic amines is 1. The van der Waals surface area contributed by atoms with Crippen molar-refractivity contribution in [2.45, 2.75) is 0 Å². The normalized spacial score (nSPS) is 10.8. The number of nitrogens with one attached hydrogen (secondary N) is 3. The van der Waals surface area contributed by atoms with Crippen LogP contribution in [0.2, 0.25) is 0 Å². The SMILES string of the molecule is CNC(=O)c1cc2cc(Nc3nnc(-c4ccc([N+](=O)[O-])cc4F)s3)ccc2[nH]1. The highest BCUT2D eigenvalue weighted by Gasteiger charge is 2.16. The summed E-state index contributed by atoms with van der Waals surface area (Å²) in [7, 11) is 1.56. The lowest BCUT2D eigenvalue weighted by atomic mass is 10.2. The molecule has 2 aromatic carbocycles. The number of carbonyl (C=O) groups excluding carboxylic acids is 1. The van der Waals surface area contributed by atoms with Crippen LogP contribution in [0.15, 0.2) is 42.5 Å². The van der Waals surface area contributed by atoms with E-state index < -0.39 is 10.7 Å². The third kappa shape index (κ3) is 3.62. The van der Waals surface area contributed by atoms with E-state index in [0.717, 1.165) is 28.3 Å².